The van der Waals surface area contributed by atoms with E-state index in [4.69, 9.17) is 4.74 Å². The average molecular weight is 451 g/mol. The minimum Gasteiger partial charge on any atom is -0.494 e. The number of fused-ring (bicyclic) bond motifs is 1. The van der Waals surface area contributed by atoms with Crippen LogP contribution in [0.4, 0.5) is 0 Å². The van der Waals surface area contributed by atoms with Gasteiger partial charge in [0.1, 0.15) is 11.5 Å². The predicted octanol–water partition coefficient (Wildman–Crippen LogP) is 4.11. The zero-order chi connectivity index (χ0) is 22.6. The molecule has 4 rings (SSSR count). The Hall–Kier alpha value is -3.13. The summed E-state index contributed by atoms with van der Waals surface area (Å²) >= 11 is 1.01. The summed E-state index contributed by atoms with van der Waals surface area (Å²) in [5.41, 5.74) is 0.683. The van der Waals surface area contributed by atoms with Crippen molar-refractivity contribution in [2.45, 2.75) is 25.5 Å². The van der Waals surface area contributed by atoms with E-state index < -0.39 is 5.72 Å². The van der Waals surface area contributed by atoms with Crippen LogP contribution in [0.2, 0.25) is 0 Å². The van der Waals surface area contributed by atoms with Gasteiger partial charge in [0.2, 0.25) is 5.88 Å². The highest BCUT2D eigenvalue weighted by Crippen LogP contribution is 2.24. The average Bonchev–Trinajstić information content (AvgIpc) is 3.10. The number of benzene rings is 3. The van der Waals surface area contributed by atoms with E-state index in [0.29, 0.717) is 24.4 Å². The van der Waals surface area contributed by atoms with Crippen LogP contribution in [0.25, 0.3) is 10.8 Å². The molecule has 0 saturated heterocycles. The van der Waals surface area contributed by atoms with E-state index in [-0.39, 0.29) is 10.8 Å². The summed E-state index contributed by atoms with van der Waals surface area (Å²) in [6.45, 7) is 2.87. The molecule has 1 atom stereocenters. The Morgan fingerprint density at radius 2 is 1.81 bits per heavy atom. The lowest BCUT2D eigenvalue weighted by molar-refractivity contribution is 0.0192. The fraction of sp³-hybridized carbons (Fsp3) is 0.240. The van der Waals surface area contributed by atoms with E-state index in [1.54, 1.807) is 6.92 Å². The summed E-state index contributed by atoms with van der Waals surface area (Å²) < 4.78 is 5.79. The summed E-state index contributed by atoms with van der Waals surface area (Å²) in [6, 6.07) is 21.6. The van der Waals surface area contributed by atoms with Crippen LogP contribution in [-0.2, 0) is 12.1 Å². The Balaban J connectivity index is 1.24. The maximum atomic E-state index is 11.3. The zero-order valence-electron chi connectivity index (χ0n) is 17.8. The van der Waals surface area contributed by atoms with E-state index in [9.17, 15) is 15.0 Å². The van der Waals surface area contributed by atoms with Gasteiger partial charge in [-0.05, 0) is 53.4 Å². The molecule has 0 bridgehead atoms. The Bertz CT molecular complexity index is 1240. The molecule has 1 aromatic heterocycles. The third kappa shape index (κ3) is 5.37. The van der Waals surface area contributed by atoms with Crippen LogP contribution in [0.5, 0.6) is 11.6 Å². The van der Waals surface area contributed by atoms with Crippen molar-refractivity contribution in [3.05, 3.63) is 92.4 Å². The van der Waals surface area contributed by atoms with Crippen LogP contribution >= 0.6 is 11.3 Å². The molecule has 1 unspecified atom stereocenters. The number of rotatable bonds is 9. The molecule has 0 fully saturated rings. The Kier molecular flexibility index (Phi) is 6.60. The molecule has 1 heterocycles. The number of aliphatic hydroxyl groups is 1. The van der Waals surface area contributed by atoms with E-state index in [1.165, 1.54) is 0 Å². The molecule has 0 aliphatic rings. The maximum absolute atomic E-state index is 11.3. The van der Waals surface area contributed by atoms with Crippen LogP contribution in [0, 0.1) is 0 Å². The van der Waals surface area contributed by atoms with E-state index in [0.717, 1.165) is 45.4 Å². The Morgan fingerprint density at radius 1 is 1.06 bits per heavy atom. The molecule has 4 aromatic rings. The van der Waals surface area contributed by atoms with Crippen molar-refractivity contribution in [1.29, 1.82) is 0 Å². The number of aromatic hydroxyl groups is 1. The summed E-state index contributed by atoms with van der Waals surface area (Å²) in [5, 5.41) is 26.0. The molecule has 166 valence electrons. The molecule has 4 N–H and O–H groups in total. The number of thiazole rings is 1. The number of H-pyrrole nitrogens is 1. The summed E-state index contributed by atoms with van der Waals surface area (Å²) in [7, 11) is 0. The minimum absolute atomic E-state index is 0.0626. The van der Waals surface area contributed by atoms with Crippen LogP contribution < -0.4 is 14.9 Å². The highest BCUT2D eigenvalue weighted by atomic mass is 32.1. The molecule has 6 nitrogen and oxygen atoms in total. The lowest BCUT2D eigenvalue weighted by atomic mass is 10.00. The van der Waals surface area contributed by atoms with Gasteiger partial charge in [0, 0.05) is 13.0 Å². The van der Waals surface area contributed by atoms with Crippen LogP contribution in [0.3, 0.4) is 0 Å². The normalized spacial score (nSPS) is 13.2. The topological polar surface area (TPSA) is 94.6 Å². The second-order valence-corrected chi connectivity index (χ2v) is 8.94. The summed E-state index contributed by atoms with van der Waals surface area (Å²) in [6.07, 6.45) is 1.22. The SMILES string of the molecule is CC(O)(NCCCOc1ccc(Cc2sc(=O)[nH]c2O)cc1)c1ccc2ccccc2c1. The van der Waals surface area contributed by atoms with Crippen LogP contribution in [-0.4, -0.2) is 28.3 Å². The second-order valence-electron chi connectivity index (χ2n) is 7.87. The van der Waals surface area contributed by atoms with Crippen molar-refractivity contribution in [3.63, 3.8) is 0 Å². The molecule has 0 aliphatic heterocycles. The second kappa shape index (κ2) is 9.56. The smallest absolute Gasteiger partial charge is 0.307 e. The Morgan fingerprint density at radius 3 is 2.53 bits per heavy atom. The molecule has 32 heavy (non-hydrogen) atoms. The predicted molar refractivity (Wildman–Crippen MR) is 127 cm³/mol. The number of ether oxygens (including phenoxy) is 1. The summed E-state index contributed by atoms with van der Waals surface area (Å²) in [4.78, 5) is 14.0. The molecule has 3 aromatic carbocycles. The number of nitrogens with one attached hydrogen (secondary N) is 2. The fourth-order valence-corrected chi connectivity index (χ4v) is 4.31. The Labute approximate surface area is 190 Å². The van der Waals surface area contributed by atoms with Gasteiger partial charge in [-0.2, -0.15) is 0 Å². The quantitative estimate of drug-likeness (QED) is 0.227. The third-order valence-electron chi connectivity index (χ3n) is 5.36. The molecule has 0 radical (unpaired) electrons. The molecular formula is C25H26N2O4S. The van der Waals surface area contributed by atoms with Crippen molar-refractivity contribution in [3.8, 4) is 11.6 Å². The first-order chi connectivity index (χ1) is 15.4. The van der Waals surface area contributed by atoms with Crippen LogP contribution in [0.1, 0.15) is 29.3 Å². The molecule has 0 spiro atoms. The number of aromatic nitrogens is 1. The van der Waals surface area contributed by atoms with Gasteiger partial charge in [-0.25, -0.2) is 0 Å². The fourth-order valence-electron chi connectivity index (χ4n) is 3.55. The van der Waals surface area contributed by atoms with Crippen LogP contribution in [0.15, 0.2) is 71.5 Å². The van der Waals surface area contributed by atoms with Crippen molar-refractivity contribution in [2.75, 3.05) is 13.2 Å². The first kappa shape index (κ1) is 22.1. The standard InChI is InChI=1S/C25H26N2O4S/c1-25(30,20-10-9-18-5-2-3-6-19(18)16-20)26-13-4-14-31-21-11-7-17(8-12-21)15-22-23(28)27-24(29)32-22/h2-3,5-12,16,26,28,30H,4,13-15H2,1H3,(H,27,29). The van der Waals surface area contributed by atoms with Crippen molar-refractivity contribution >= 4 is 22.1 Å². The zero-order valence-corrected chi connectivity index (χ0v) is 18.6. The van der Waals surface area contributed by atoms with E-state index in [1.807, 2.05) is 60.7 Å². The lowest BCUT2D eigenvalue weighted by Crippen LogP contribution is -2.40. The minimum atomic E-state index is -1.12. The third-order valence-corrected chi connectivity index (χ3v) is 6.23. The van der Waals surface area contributed by atoms with Gasteiger partial charge < -0.3 is 14.9 Å². The van der Waals surface area contributed by atoms with Crippen molar-refractivity contribution < 1.29 is 14.9 Å². The first-order valence-corrected chi connectivity index (χ1v) is 11.3. The maximum Gasteiger partial charge on any atom is 0.307 e. The highest BCUT2D eigenvalue weighted by molar-refractivity contribution is 7.09. The molecular weight excluding hydrogens is 424 g/mol. The van der Waals surface area contributed by atoms with Crippen molar-refractivity contribution in [1.82, 2.24) is 10.3 Å². The van der Waals surface area contributed by atoms with Gasteiger partial charge >= 0.3 is 4.87 Å². The monoisotopic (exact) mass is 450 g/mol. The lowest BCUT2D eigenvalue weighted by Gasteiger charge is -2.26. The first-order valence-electron chi connectivity index (χ1n) is 10.5. The van der Waals surface area contributed by atoms with Gasteiger partial charge in [-0.15, -0.1) is 0 Å². The molecule has 0 saturated carbocycles. The van der Waals surface area contributed by atoms with Crippen molar-refractivity contribution in [2.24, 2.45) is 0 Å². The van der Waals surface area contributed by atoms with Gasteiger partial charge in [0.25, 0.3) is 0 Å². The van der Waals surface area contributed by atoms with E-state index in [2.05, 4.69) is 16.4 Å². The van der Waals surface area contributed by atoms with E-state index >= 15 is 0 Å². The van der Waals surface area contributed by atoms with Gasteiger partial charge in [0.05, 0.1) is 11.5 Å². The molecule has 0 amide bonds. The van der Waals surface area contributed by atoms with Gasteiger partial charge in [-0.3, -0.25) is 15.1 Å². The summed E-state index contributed by atoms with van der Waals surface area (Å²) in [5.74, 6) is 0.689. The largest absolute Gasteiger partial charge is 0.494 e. The number of hydrogen-bond acceptors (Lipinski definition) is 6. The van der Waals surface area contributed by atoms with Gasteiger partial charge in [0.15, 0.2) is 0 Å². The number of hydrogen-bond donors (Lipinski definition) is 4. The number of aromatic amines is 1. The van der Waals surface area contributed by atoms with Gasteiger partial charge in [-0.1, -0.05) is 59.9 Å². The highest BCUT2D eigenvalue weighted by Gasteiger charge is 2.22. The molecule has 7 heteroatoms. The molecule has 0 aliphatic carbocycles.